The van der Waals surface area contributed by atoms with Crippen LogP contribution in [0.1, 0.15) is 25.8 Å². The van der Waals surface area contributed by atoms with Gasteiger partial charge in [-0.2, -0.15) is 18.4 Å². The van der Waals surface area contributed by atoms with Crippen LogP contribution in [-0.2, 0) is 20.5 Å². The van der Waals surface area contributed by atoms with E-state index in [9.17, 15) is 32.8 Å². The third kappa shape index (κ3) is 6.76. The lowest BCUT2D eigenvalue weighted by Gasteiger charge is -2.43. The van der Waals surface area contributed by atoms with Crippen LogP contribution in [0.25, 0.3) is 0 Å². The van der Waals surface area contributed by atoms with Gasteiger partial charge in [-0.1, -0.05) is 24.8 Å². The number of hydrogen-bond donors (Lipinski definition) is 2. The number of primary amides is 1. The molecule has 0 aliphatic carbocycles. The molecule has 1 aliphatic rings. The number of carbonyl (C=O) groups is 3. The summed E-state index contributed by atoms with van der Waals surface area (Å²) in [5, 5.41) is 18.1. The Kier molecular flexibility index (Phi) is 10.0. The minimum atomic E-state index is -4.70. The first-order valence-electron chi connectivity index (χ1n) is 11.8. The highest BCUT2D eigenvalue weighted by atomic mass is 19.4. The Morgan fingerprint density at radius 3 is 2.45 bits per heavy atom. The lowest BCUT2D eigenvalue weighted by molar-refractivity contribution is -0.138. The second kappa shape index (κ2) is 12.8. The van der Waals surface area contributed by atoms with Crippen molar-refractivity contribution in [3.05, 3.63) is 77.1 Å². The van der Waals surface area contributed by atoms with Crippen LogP contribution in [0.5, 0.6) is 0 Å². The maximum atomic E-state index is 13.5. The van der Waals surface area contributed by atoms with Crippen molar-refractivity contribution in [3.63, 3.8) is 0 Å². The standard InChI is InChI=1S/C27H29F3N6O4/c1-6-18(15-31)10-11-19(12-13-34(4)17(3)37)23-22(24(38)40-5)16(2)35(25(32)36(23)26(33)39)21-9-7-8-20(14-21)27(28,29)30/h6-11,14,23,32H,1,12-13H2,2-5H3,(H2,33,39)/b18-10+,19-11+,32-25?/t23-/m1/s1. The predicted octanol–water partition coefficient (Wildman–Crippen LogP) is 4.09. The summed E-state index contributed by atoms with van der Waals surface area (Å²) in [5.41, 5.74) is 4.77. The molecule has 1 atom stereocenters. The summed E-state index contributed by atoms with van der Waals surface area (Å²) in [7, 11) is 2.62. The highest BCUT2D eigenvalue weighted by Crippen LogP contribution is 2.38. The number of methoxy groups -OCH3 is 1. The van der Waals surface area contributed by atoms with E-state index in [4.69, 9.17) is 15.9 Å². The number of nitrogens with zero attached hydrogens (tertiary/aromatic N) is 4. The fourth-order valence-electron chi connectivity index (χ4n) is 4.04. The number of alkyl halides is 3. The lowest BCUT2D eigenvalue weighted by Crippen LogP contribution is -2.59. The molecule has 0 aromatic heterocycles. The molecule has 0 saturated carbocycles. The zero-order chi connectivity index (χ0) is 30.4. The third-order valence-electron chi connectivity index (χ3n) is 6.22. The minimum Gasteiger partial charge on any atom is -0.466 e. The number of carbonyl (C=O) groups excluding carboxylic acids is 3. The maximum absolute atomic E-state index is 13.5. The molecule has 1 aliphatic heterocycles. The van der Waals surface area contributed by atoms with Gasteiger partial charge in [0.2, 0.25) is 11.9 Å². The van der Waals surface area contributed by atoms with Gasteiger partial charge in [-0.05, 0) is 43.2 Å². The molecule has 1 heterocycles. The summed E-state index contributed by atoms with van der Waals surface area (Å²) in [6, 6.07) is 3.42. The van der Waals surface area contributed by atoms with E-state index in [2.05, 4.69) is 6.58 Å². The molecule has 1 aromatic carbocycles. The van der Waals surface area contributed by atoms with Gasteiger partial charge < -0.3 is 15.4 Å². The van der Waals surface area contributed by atoms with E-state index in [1.807, 2.05) is 6.07 Å². The number of anilines is 1. The smallest absolute Gasteiger partial charge is 0.416 e. The molecule has 3 amide bonds. The zero-order valence-corrected chi connectivity index (χ0v) is 22.4. The SMILES string of the molecule is C=C/C(C#N)=C\C=C(/CCN(C)C(C)=O)[C@@H]1C(C(=O)OC)=C(C)N(c2cccc(C(F)(F)F)c2)C(=N)N1C(N)=O. The molecule has 0 spiro atoms. The van der Waals surface area contributed by atoms with E-state index in [0.29, 0.717) is 0 Å². The van der Waals surface area contributed by atoms with Crippen LogP contribution in [0.15, 0.2) is 71.5 Å². The Morgan fingerprint density at radius 1 is 1.30 bits per heavy atom. The number of ether oxygens (including phenoxy) is 1. The Bertz CT molecular complexity index is 1360. The van der Waals surface area contributed by atoms with Crippen molar-refractivity contribution in [1.82, 2.24) is 9.80 Å². The molecule has 13 heteroatoms. The molecule has 0 saturated heterocycles. The van der Waals surface area contributed by atoms with Crippen LogP contribution in [0.4, 0.5) is 23.7 Å². The van der Waals surface area contributed by atoms with E-state index in [1.54, 1.807) is 0 Å². The first kappa shape index (κ1) is 31.4. The second-order valence-electron chi connectivity index (χ2n) is 8.68. The number of nitriles is 1. The van der Waals surface area contributed by atoms with Crippen LogP contribution in [0.3, 0.4) is 0 Å². The average molecular weight is 559 g/mol. The van der Waals surface area contributed by atoms with Crippen LogP contribution >= 0.6 is 0 Å². The largest absolute Gasteiger partial charge is 0.466 e. The normalized spacial score (nSPS) is 16.4. The number of rotatable bonds is 8. The van der Waals surface area contributed by atoms with Crippen molar-refractivity contribution in [3.8, 4) is 6.07 Å². The number of halogens is 3. The van der Waals surface area contributed by atoms with E-state index in [-0.39, 0.29) is 47.0 Å². The Morgan fingerprint density at radius 2 is 1.95 bits per heavy atom. The Balaban J connectivity index is 2.90. The molecule has 212 valence electrons. The molecule has 0 bridgehead atoms. The predicted molar refractivity (Wildman–Crippen MR) is 141 cm³/mol. The van der Waals surface area contributed by atoms with Crippen LogP contribution in [0.2, 0.25) is 0 Å². The number of hydrogen-bond acceptors (Lipinski definition) is 6. The number of nitrogens with two attached hydrogens (primary N) is 1. The summed E-state index contributed by atoms with van der Waals surface area (Å²) >= 11 is 0. The van der Waals surface area contributed by atoms with Gasteiger partial charge in [0.05, 0.1) is 35.9 Å². The summed E-state index contributed by atoms with van der Waals surface area (Å²) in [5.74, 6) is -1.82. The second-order valence-corrected chi connectivity index (χ2v) is 8.68. The molecule has 2 rings (SSSR count). The summed E-state index contributed by atoms with van der Waals surface area (Å²) in [6.07, 6.45) is -0.540. The summed E-state index contributed by atoms with van der Waals surface area (Å²) in [4.78, 5) is 40.9. The average Bonchev–Trinajstić information content (AvgIpc) is 2.89. The van der Waals surface area contributed by atoms with Crippen molar-refractivity contribution >= 4 is 29.6 Å². The number of nitrogens with one attached hydrogen (secondary N) is 1. The van der Waals surface area contributed by atoms with Crippen LogP contribution in [0, 0.1) is 16.7 Å². The molecule has 0 fully saturated rings. The van der Waals surface area contributed by atoms with E-state index < -0.39 is 35.7 Å². The van der Waals surface area contributed by atoms with Crippen LogP contribution in [-0.4, -0.2) is 60.4 Å². The van der Waals surface area contributed by atoms with Gasteiger partial charge in [-0.25, -0.2) is 9.59 Å². The number of guanidine groups is 1. The van der Waals surface area contributed by atoms with Crippen LogP contribution < -0.4 is 10.6 Å². The van der Waals surface area contributed by atoms with Crippen molar-refractivity contribution < 1.29 is 32.3 Å². The van der Waals surface area contributed by atoms with Gasteiger partial charge in [-0.3, -0.25) is 20.0 Å². The van der Waals surface area contributed by atoms with E-state index in [0.717, 1.165) is 35.1 Å². The number of allylic oxidation sites excluding steroid dienone is 5. The van der Waals surface area contributed by atoms with Crippen molar-refractivity contribution in [2.75, 3.05) is 25.6 Å². The Labute approximate surface area is 229 Å². The highest BCUT2D eigenvalue weighted by Gasteiger charge is 2.44. The van der Waals surface area contributed by atoms with Gasteiger partial charge in [0.15, 0.2) is 0 Å². The lowest BCUT2D eigenvalue weighted by atomic mass is 9.90. The van der Waals surface area contributed by atoms with Crippen molar-refractivity contribution in [2.45, 2.75) is 32.5 Å². The number of urea groups is 1. The fourth-order valence-corrected chi connectivity index (χ4v) is 4.04. The third-order valence-corrected chi connectivity index (χ3v) is 6.22. The van der Waals surface area contributed by atoms with Crippen molar-refractivity contribution in [1.29, 1.82) is 10.7 Å². The molecule has 10 nitrogen and oxygen atoms in total. The van der Waals surface area contributed by atoms with Gasteiger partial charge in [-0.15, -0.1) is 0 Å². The minimum absolute atomic E-state index is 0.0118. The molecule has 0 unspecified atom stereocenters. The van der Waals surface area contributed by atoms with E-state index >= 15 is 0 Å². The van der Waals surface area contributed by atoms with Gasteiger partial charge in [0.1, 0.15) is 0 Å². The number of esters is 1. The summed E-state index contributed by atoms with van der Waals surface area (Å²) in [6.45, 7) is 6.41. The topological polar surface area (TPSA) is 144 Å². The molecular weight excluding hydrogens is 529 g/mol. The first-order valence-corrected chi connectivity index (χ1v) is 11.8. The molecular formula is C27H29F3N6O4. The van der Waals surface area contributed by atoms with E-state index in [1.165, 1.54) is 50.1 Å². The quantitative estimate of drug-likeness (QED) is 0.279. The molecule has 3 N–H and O–H groups in total. The maximum Gasteiger partial charge on any atom is 0.416 e. The van der Waals surface area contributed by atoms with Gasteiger partial charge >= 0.3 is 18.2 Å². The molecule has 0 radical (unpaired) electrons. The highest BCUT2D eigenvalue weighted by molar-refractivity contribution is 6.10. The number of amides is 3. The summed E-state index contributed by atoms with van der Waals surface area (Å²) < 4.78 is 45.4. The monoisotopic (exact) mass is 558 g/mol. The zero-order valence-electron chi connectivity index (χ0n) is 22.4. The van der Waals surface area contributed by atoms with Crippen molar-refractivity contribution in [2.24, 2.45) is 5.73 Å². The van der Waals surface area contributed by atoms with Gasteiger partial charge in [0.25, 0.3) is 0 Å². The molecule has 1 aromatic rings. The Hall–Kier alpha value is -4.86. The van der Waals surface area contributed by atoms with Gasteiger partial charge in [0, 0.05) is 31.9 Å². The fraction of sp³-hybridized carbons (Fsp3) is 0.296. The molecule has 40 heavy (non-hydrogen) atoms. The first-order chi connectivity index (χ1) is 18.7. The number of benzene rings is 1.